The first-order valence-electron chi connectivity index (χ1n) is 4.71. The van der Waals surface area contributed by atoms with Crippen LogP contribution in [0, 0.1) is 0 Å². The fourth-order valence-corrected chi connectivity index (χ4v) is 1.01. The number of rotatable bonds is 4. The third kappa shape index (κ3) is 5.13. The number of nitrogens with two attached hydrogens (primary N) is 1. The van der Waals surface area contributed by atoms with Crippen molar-refractivity contribution >= 4 is 28.8 Å². The zero-order chi connectivity index (χ0) is 11.3. The molecule has 3 N–H and O–H groups in total. The fourth-order valence-electron chi connectivity index (χ4n) is 1.01. The van der Waals surface area contributed by atoms with Gasteiger partial charge in [0, 0.05) is 13.6 Å². The summed E-state index contributed by atoms with van der Waals surface area (Å²) >= 11 is 0. The number of halogens is 1. The molecule has 0 rings (SSSR count). The Morgan fingerprint density at radius 1 is 1.40 bits per heavy atom. The van der Waals surface area contributed by atoms with E-state index >= 15 is 0 Å². The minimum atomic E-state index is -0.572. The molecule has 0 bridgehead atoms. The minimum Gasteiger partial charge on any atom is -0.355 e. The maximum Gasteiger partial charge on any atom is 0.242 e. The molecule has 0 saturated carbocycles. The smallest absolute Gasteiger partial charge is 0.242 e. The van der Waals surface area contributed by atoms with E-state index in [4.69, 9.17) is 5.73 Å². The number of nitrogens with zero attached hydrogens (tertiary/aromatic N) is 1. The monoisotopic (exact) mass is 281 g/mol. The Morgan fingerprint density at radius 2 is 1.87 bits per heavy atom. The molecule has 90 valence electrons. The number of carbonyl (C=O) groups is 2. The van der Waals surface area contributed by atoms with Gasteiger partial charge in [-0.2, -0.15) is 0 Å². The van der Waals surface area contributed by atoms with E-state index in [9.17, 15) is 9.59 Å². The summed E-state index contributed by atoms with van der Waals surface area (Å²) in [6.45, 7) is 5.66. The van der Waals surface area contributed by atoms with E-state index in [0.29, 0.717) is 6.54 Å². The molecule has 0 aromatic carbocycles. The maximum absolute atomic E-state index is 11.4. The zero-order valence-electron chi connectivity index (χ0n) is 9.61. The van der Waals surface area contributed by atoms with Crippen molar-refractivity contribution in [2.24, 2.45) is 5.73 Å². The number of carbonyl (C=O) groups excluding carboxylic acids is 2. The summed E-state index contributed by atoms with van der Waals surface area (Å²) in [5.41, 5.74) is 5.43. The lowest BCUT2D eigenvalue weighted by Gasteiger charge is -2.25. The second-order valence-electron chi connectivity index (χ2n) is 3.31. The van der Waals surface area contributed by atoms with E-state index in [1.807, 2.05) is 6.92 Å². The molecule has 0 aliphatic carbocycles. The fraction of sp³-hybridized carbons (Fsp3) is 0.778. The highest BCUT2D eigenvalue weighted by Crippen LogP contribution is 1.98. The molecule has 0 unspecified atom stereocenters. The van der Waals surface area contributed by atoms with Gasteiger partial charge in [0.1, 0.15) is 6.04 Å². The van der Waals surface area contributed by atoms with Gasteiger partial charge in [-0.1, -0.05) is 0 Å². The van der Waals surface area contributed by atoms with Crippen molar-refractivity contribution in [2.45, 2.75) is 32.9 Å². The second-order valence-corrected chi connectivity index (χ2v) is 3.31. The summed E-state index contributed by atoms with van der Waals surface area (Å²) < 4.78 is 0. The van der Waals surface area contributed by atoms with E-state index < -0.39 is 12.1 Å². The van der Waals surface area contributed by atoms with Gasteiger partial charge in [-0.25, -0.2) is 0 Å². The molecule has 2 atom stereocenters. The molecule has 15 heavy (non-hydrogen) atoms. The lowest BCUT2D eigenvalue weighted by molar-refractivity contribution is -0.138. The van der Waals surface area contributed by atoms with Crippen LogP contribution in [0.2, 0.25) is 0 Å². The Hall–Kier alpha value is -0.620. The van der Waals surface area contributed by atoms with Crippen LogP contribution < -0.4 is 11.1 Å². The summed E-state index contributed by atoms with van der Waals surface area (Å²) in [6.07, 6.45) is 0. The standard InChI is InChI=1S/C9H19N3O2.BrH/c1-5-11-8(13)7(3)12(4)9(14)6(2)10;/h6-7H,5,10H2,1-4H3,(H,11,13);1H/t6-,7-;/m0./s1. The molecule has 6 heteroatoms. The SMILES string of the molecule is Br.CCNC(=O)[C@H](C)N(C)C(=O)[C@H](C)N. The molecule has 0 aromatic rings. The van der Waals surface area contributed by atoms with Gasteiger partial charge in [0.15, 0.2) is 0 Å². The van der Waals surface area contributed by atoms with Crippen molar-refractivity contribution < 1.29 is 9.59 Å². The molecule has 0 aromatic heterocycles. The largest absolute Gasteiger partial charge is 0.355 e. The first kappa shape index (κ1) is 16.8. The van der Waals surface area contributed by atoms with Crippen LogP contribution in [0.1, 0.15) is 20.8 Å². The van der Waals surface area contributed by atoms with E-state index in [0.717, 1.165) is 0 Å². The number of likely N-dealkylation sites (N-methyl/N-ethyl adjacent to an activating group) is 2. The van der Waals surface area contributed by atoms with Gasteiger partial charge in [0.05, 0.1) is 6.04 Å². The van der Waals surface area contributed by atoms with Crippen molar-refractivity contribution in [1.29, 1.82) is 0 Å². The molecule has 2 amide bonds. The molecule has 5 nitrogen and oxygen atoms in total. The average Bonchev–Trinajstić information content (AvgIpc) is 2.14. The van der Waals surface area contributed by atoms with Crippen molar-refractivity contribution in [1.82, 2.24) is 10.2 Å². The third-order valence-corrected chi connectivity index (χ3v) is 2.05. The molecule has 0 heterocycles. The lowest BCUT2D eigenvalue weighted by Crippen LogP contribution is -2.50. The minimum absolute atomic E-state index is 0. The third-order valence-electron chi connectivity index (χ3n) is 2.05. The van der Waals surface area contributed by atoms with Crippen molar-refractivity contribution in [3.8, 4) is 0 Å². The molecule has 0 saturated heterocycles. The summed E-state index contributed by atoms with van der Waals surface area (Å²) in [6, 6.07) is -1.05. The average molecular weight is 282 g/mol. The van der Waals surface area contributed by atoms with Crippen LogP contribution in [0.5, 0.6) is 0 Å². The van der Waals surface area contributed by atoms with Gasteiger partial charge < -0.3 is 16.0 Å². The Morgan fingerprint density at radius 3 is 2.20 bits per heavy atom. The summed E-state index contributed by atoms with van der Waals surface area (Å²) in [5.74, 6) is -0.396. The van der Waals surface area contributed by atoms with Gasteiger partial charge in [-0.3, -0.25) is 9.59 Å². The van der Waals surface area contributed by atoms with Crippen LogP contribution in [-0.4, -0.2) is 42.4 Å². The predicted octanol–water partition coefficient (Wildman–Crippen LogP) is -0.105. The van der Waals surface area contributed by atoms with Gasteiger partial charge in [-0.05, 0) is 20.8 Å². The van der Waals surface area contributed by atoms with E-state index in [1.54, 1.807) is 20.9 Å². The molecule has 0 aliphatic heterocycles. The van der Waals surface area contributed by atoms with Crippen LogP contribution in [-0.2, 0) is 9.59 Å². The van der Waals surface area contributed by atoms with Crippen LogP contribution in [0.25, 0.3) is 0 Å². The van der Waals surface area contributed by atoms with Crippen molar-refractivity contribution in [2.75, 3.05) is 13.6 Å². The van der Waals surface area contributed by atoms with E-state index in [1.165, 1.54) is 4.90 Å². The molecule has 0 fully saturated rings. The van der Waals surface area contributed by atoms with Crippen molar-refractivity contribution in [3.63, 3.8) is 0 Å². The highest BCUT2D eigenvalue weighted by molar-refractivity contribution is 8.93. The normalized spacial score (nSPS) is 13.4. The van der Waals surface area contributed by atoms with Crippen molar-refractivity contribution in [3.05, 3.63) is 0 Å². The second kappa shape index (κ2) is 7.64. The van der Waals surface area contributed by atoms with Crippen LogP contribution >= 0.6 is 17.0 Å². The molecule has 0 aliphatic rings. The van der Waals surface area contributed by atoms with E-state index in [-0.39, 0.29) is 28.8 Å². The molecule has 0 radical (unpaired) electrons. The maximum atomic E-state index is 11.4. The van der Waals surface area contributed by atoms with Crippen LogP contribution in [0.3, 0.4) is 0 Å². The first-order chi connectivity index (χ1) is 6.41. The number of amides is 2. The molecular formula is C9H20BrN3O2. The highest BCUT2D eigenvalue weighted by Gasteiger charge is 2.23. The molecule has 0 spiro atoms. The molecular weight excluding hydrogens is 262 g/mol. The Labute approximate surface area is 101 Å². The van der Waals surface area contributed by atoms with Gasteiger partial charge in [0.2, 0.25) is 11.8 Å². The van der Waals surface area contributed by atoms with Crippen LogP contribution in [0.4, 0.5) is 0 Å². The quantitative estimate of drug-likeness (QED) is 0.755. The predicted molar refractivity (Wildman–Crippen MR) is 64.9 cm³/mol. The number of hydrogen-bond acceptors (Lipinski definition) is 3. The highest BCUT2D eigenvalue weighted by atomic mass is 79.9. The summed E-state index contributed by atoms with van der Waals surface area (Å²) in [4.78, 5) is 24.1. The Balaban J connectivity index is 0. The van der Waals surface area contributed by atoms with Crippen LogP contribution in [0.15, 0.2) is 0 Å². The van der Waals surface area contributed by atoms with E-state index in [2.05, 4.69) is 5.32 Å². The summed E-state index contributed by atoms with van der Waals surface area (Å²) in [7, 11) is 1.58. The first-order valence-corrected chi connectivity index (χ1v) is 4.71. The Bertz CT molecular complexity index is 221. The lowest BCUT2D eigenvalue weighted by atomic mass is 10.2. The van der Waals surface area contributed by atoms with Gasteiger partial charge in [-0.15, -0.1) is 17.0 Å². The summed E-state index contributed by atoms with van der Waals surface area (Å²) in [5, 5.41) is 2.65. The van der Waals surface area contributed by atoms with Gasteiger partial charge >= 0.3 is 0 Å². The topological polar surface area (TPSA) is 75.4 Å². The number of nitrogens with one attached hydrogen (secondary N) is 1. The zero-order valence-corrected chi connectivity index (χ0v) is 11.3. The Kier molecular flexibility index (Phi) is 8.56. The number of hydrogen-bond donors (Lipinski definition) is 2. The van der Waals surface area contributed by atoms with Gasteiger partial charge in [0.25, 0.3) is 0 Å².